The Morgan fingerprint density at radius 3 is 1.92 bits per heavy atom. The summed E-state index contributed by atoms with van der Waals surface area (Å²) < 4.78 is 5.72. The third-order valence-electron chi connectivity index (χ3n) is 4.09. The largest absolute Gasteiger partial charge is 0.872 e. The van der Waals surface area contributed by atoms with E-state index in [9.17, 15) is 20.1 Å². The van der Waals surface area contributed by atoms with Gasteiger partial charge in [-0.2, -0.15) is 0 Å². The van der Waals surface area contributed by atoms with E-state index in [1.165, 1.54) is 30.3 Å². The molecular formula is C20H11O5-2. The Bertz CT molecular complexity index is 942. The first-order valence-corrected chi connectivity index (χ1v) is 7.55. The van der Waals surface area contributed by atoms with Gasteiger partial charge in [-0.05, 0) is 23.8 Å². The predicted molar refractivity (Wildman–Crippen MR) is 85.8 cm³/mol. The molecule has 5 heteroatoms. The maximum Gasteiger partial charge on any atom is 0.336 e. The van der Waals surface area contributed by atoms with Crippen molar-refractivity contribution in [1.82, 2.24) is 0 Å². The first kappa shape index (κ1) is 15.1. The van der Waals surface area contributed by atoms with Gasteiger partial charge < -0.3 is 20.1 Å². The molecule has 0 amide bonds. The van der Waals surface area contributed by atoms with Crippen LogP contribution in [-0.4, -0.2) is 11.1 Å². The Morgan fingerprint density at radius 2 is 1.36 bits per heavy atom. The summed E-state index contributed by atoms with van der Waals surface area (Å²) in [4.78, 5) is 11.7. The molecule has 4 rings (SSSR count). The van der Waals surface area contributed by atoms with Crippen molar-refractivity contribution < 1.29 is 24.9 Å². The van der Waals surface area contributed by atoms with Crippen LogP contribution in [0.1, 0.15) is 27.0 Å². The van der Waals surface area contributed by atoms with Crippen LogP contribution in [0.4, 0.5) is 0 Å². The third-order valence-corrected chi connectivity index (χ3v) is 4.09. The number of rotatable bonds is 2. The quantitative estimate of drug-likeness (QED) is 0.609. The molecule has 1 aliphatic rings. The number of carbonyl (C=O) groups is 1. The van der Waals surface area contributed by atoms with Crippen LogP contribution in [0, 0.1) is 5.92 Å². The lowest BCUT2D eigenvalue weighted by Crippen LogP contribution is -2.16. The van der Waals surface area contributed by atoms with Crippen molar-refractivity contribution in [3.05, 3.63) is 88.8 Å². The van der Waals surface area contributed by atoms with E-state index in [4.69, 9.17) is 4.74 Å². The van der Waals surface area contributed by atoms with Gasteiger partial charge in [0.25, 0.3) is 0 Å². The van der Waals surface area contributed by atoms with E-state index in [2.05, 4.69) is 0 Å². The summed E-state index contributed by atoms with van der Waals surface area (Å²) in [6, 6.07) is 15.3. The summed E-state index contributed by atoms with van der Waals surface area (Å²) in [6.07, 6.45) is 0. The van der Waals surface area contributed by atoms with E-state index >= 15 is 0 Å². The van der Waals surface area contributed by atoms with Crippen LogP contribution in [0.5, 0.6) is 23.0 Å². The van der Waals surface area contributed by atoms with Crippen LogP contribution in [0.25, 0.3) is 0 Å². The first-order chi connectivity index (χ1) is 12.0. The van der Waals surface area contributed by atoms with Crippen molar-refractivity contribution in [3.63, 3.8) is 0 Å². The molecule has 1 aliphatic heterocycles. The fraction of sp³-hybridized carbons (Fsp3) is 0. The van der Waals surface area contributed by atoms with E-state index in [0.29, 0.717) is 34.1 Å². The lowest BCUT2D eigenvalue weighted by Gasteiger charge is -2.30. The van der Waals surface area contributed by atoms with Crippen molar-refractivity contribution in [2.24, 2.45) is 0 Å². The lowest BCUT2D eigenvalue weighted by molar-refractivity contribution is -0.268. The second-order valence-electron chi connectivity index (χ2n) is 5.64. The fourth-order valence-electron chi connectivity index (χ4n) is 3.03. The van der Waals surface area contributed by atoms with E-state index in [-0.39, 0.29) is 17.1 Å². The Morgan fingerprint density at radius 1 is 0.800 bits per heavy atom. The van der Waals surface area contributed by atoms with Gasteiger partial charge in [0.2, 0.25) is 0 Å². The number of carboxylic acid groups (broad SMARTS) is 1. The van der Waals surface area contributed by atoms with Crippen molar-refractivity contribution >= 4 is 5.97 Å². The molecular weight excluding hydrogens is 320 g/mol. The first-order valence-electron chi connectivity index (χ1n) is 7.55. The summed E-state index contributed by atoms with van der Waals surface area (Å²) in [6.45, 7) is 0. The van der Waals surface area contributed by atoms with E-state index in [1.54, 1.807) is 30.3 Å². The molecule has 0 atom stereocenters. The molecule has 25 heavy (non-hydrogen) atoms. The summed E-state index contributed by atoms with van der Waals surface area (Å²) in [7, 11) is 0. The highest BCUT2D eigenvalue weighted by molar-refractivity contribution is 5.92. The van der Waals surface area contributed by atoms with Gasteiger partial charge in [0.15, 0.2) is 0 Å². The standard InChI is InChI=1S/C20H13O5/c21-11-5-7-15-17(9-11)25-18-10-12(22)6-8-16(18)19(15)13-3-1-2-4-14(13)20(23)24/h1-10,21-22H,(H,23,24)/p-2. The molecule has 0 unspecified atom stereocenters. The van der Waals surface area contributed by atoms with Crippen LogP contribution in [0.15, 0.2) is 60.7 Å². The average Bonchev–Trinajstić information content (AvgIpc) is 2.59. The Hall–Kier alpha value is -3.47. The predicted octanol–water partition coefficient (Wildman–Crippen LogP) is 2.66. The maximum absolute atomic E-state index is 11.7. The van der Waals surface area contributed by atoms with Crippen molar-refractivity contribution in [2.75, 3.05) is 0 Å². The van der Waals surface area contributed by atoms with Crippen molar-refractivity contribution in [1.29, 1.82) is 0 Å². The molecule has 0 saturated carbocycles. The van der Waals surface area contributed by atoms with Gasteiger partial charge in [0.1, 0.15) is 11.5 Å². The van der Waals surface area contributed by atoms with Gasteiger partial charge in [0, 0.05) is 11.1 Å². The molecule has 0 fully saturated rings. The minimum absolute atomic E-state index is 0.133. The molecule has 0 aromatic heterocycles. The van der Waals surface area contributed by atoms with Crippen LogP contribution in [-0.2, 0) is 0 Å². The molecule has 3 aromatic carbocycles. The van der Waals surface area contributed by atoms with Crippen LogP contribution in [0.2, 0.25) is 0 Å². The number of hydrogen-bond donors (Lipinski definition) is 1. The summed E-state index contributed by atoms with van der Waals surface area (Å²) in [5, 5.41) is 32.9. The molecule has 0 saturated heterocycles. The number of carboxylic acids is 1. The van der Waals surface area contributed by atoms with Gasteiger partial charge in [-0.25, -0.2) is 4.79 Å². The van der Waals surface area contributed by atoms with Crippen molar-refractivity contribution in [3.8, 4) is 23.0 Å². The zero-order chi connectivity index (χ0) is 17.6. The monoisotopic (exact) mass is 331 g/mol. The second kappa shape index (κ2) is 5.56. The summed E-state index contributed by atoms with van der Waals surface area (Å²) in [5.41, 5.74) is 1.85. The van der Waals surface area contributed by atoms with Gasteiger partial charge in [-0.1, -0.05) is 42.5 Å². The molecule has 1 heterocycles. The zero-order valence-electron chi connectivity index (χ0n) is 12.9. The normalized spacial score (nSPS) is 12.8. The summed E-state index contributed by atoms with van der Waals surface area (Å²) in [5.74, 6) is -0.285. The third kappa shape index (κ3) is 2.46. The van der Waals surface area contributed by atoms with Crippen LogP contribution in [0.3, 0.4) is 0 Å². The van der Waals surface area contributed by atoms with Gasteiger partial charge in [-0.15, -0.1) is 11.5 Å². The van der Waals surface area contributed by atoms with Crippen molar-refractivity contribution in [2.45, 2.75) is 0 Å². The number of hydrogen-bond acceptors (Lipinski definition) is 4. The Balaban J connectivity index is 2.01. The van der Waals surface area contributed by atoms with Gasteiger partial charge in [-0.3, -0.25) is 0 Å². The molecule has 3 aromatic rings. The highest BCUT2D eigenvalue weighted by Crippen LogP contribution is 2.48. The smallest absolute Gasteiger partial charge is 0.336 e. The number of benzene rings is 3. The molecule has 0 bridgehead atoms. The fourth-order valence-corrected chi connectivity index (χ4v) is 3.03. The van der Waals surface area contributed by atoms with Crippen LogP contribution < -0.4 is 14.9 Å². The molecule has 0 aliphatic carbocycles. The van der Waals surface area contributed by atoms with E-state index in [1.807, 2.05) is 0 Å². The molecule has 1 N–H and O–H groups in total. The highest BCUT2D eigenvalue weighted by Gasteiger charge is 2.31. The maximum atomic E-state index is 11.7. The number of aromatic carboxylic acids is 1. The minimum Gasteiger partial charge on any atom is -0.872 e. The second-order valence-corrected chi connectivity index (χ2v) is 5.64. The molecule has 0 spiro atoms. The SMILES string of the molecule is O=C(O)c1ccccc1[C]1c2ccc([O-])cc2Oc2cc([O-])ccc21. The summed E-state index contributed by atoms with van der Waals surface area (Å²) >= 11 is 0. The number of ether oxygens (including phenoxy) is 1. The topological polar surface area (TPSA) is 92.7 Å². The molecule has 1 radical (unpaired) electrons. The van der Waals surface area contributed by atoms with E-state index in [0.717, 1.165) is 0 Å². The van der Waals surface area contributed by atoms with Gasteiger partial charge >= 0.3 is 5.97 Å². The zero-order valence-corrected chi connectivity index (χ0v) is 12.9. The lowest BCUT2D eigenvalue weighted by atomic mass is 9.80. The Labute approximate surface area is 143 Å². The Kier molecular flexibility index (Phi) is 3.35. The van der Waals surface area contributed by atoms with Crippen LogP contribution >= 0.6 is 0 Å². The van der Waals surface area contributed by atoms with E-state index < -0.39 is 5.97 Å². The average molecular weight is 331 g/mol. The van der Waals surface area contributed by atoms with Gasteiger partial charge in [0.05, 0.1) is 11.5 Å². The minimum atomic E-state index is -1.06. The number of fused-ring (bicyclic) bond motifs is 2. The molecule has 5 nitrogen and oxygen atoms in total. The molecule has 123 valence electrons. The highest BCUT2D eigenvalue weighted by atomic mass is 16.5.